The van der Waals surface area contributed by atoms with Crippen molar-refractivity contribution in [1.29, 1.82) is 0 Å². The lowest BCUT2D eigenvalue weighted by Gasteiger charge is -2.30. The molecule has 1 aliphatic carbocycles. The Hall–Kier alpha value is -1.18. The molecule has 0 heterocycles. The molecule has 1 aromatic rings. The zero-order chi connectivity index (χ0) is 11.4. The smallest absolute Gasteiger partial charge is 0.120 e. The minimum atomic E-state index is 0.626. The number of methoxy groups -OCH3 is 1. The van der Waals surface area contributed by atoms with Crippen LogP contribution in [0, 0.1) is 5.92 Å². The first-order chi connectivity index (χ1) is 7.79. The van der Waals surface area contributed by atoms with Crippen LogP contribution in [0.5, 0.6) is 5.75 Å². The van der Waals surface area contributed by atoms with E-state index in [1.54, 1.807) is 7.11 Å². The van der Waals surface area contributed by atoms with Crippen LogP contribution in [0.2, 0.25) is 0 Å². The van der Waals surface area contributed by atoms with E-state index in [4.69, 9.17) is 4.74 Å². The number of hydrogen-bond acceptors (Lipinski definition) is 2. The summed E-state index contributed by atoms with van der Waals surface area (Å²) in [7, 11) is 1.71. The highest BCUT2D eigenvalue weighted by Crippen LogP contribution is 2.27. The van der Waals surface area contributed by atoms with E-state index in [2.05, 4.69) is 24.4 Å². The van der Waals surface area contributed by atoms with Gasteiger partial charge in [0.1, 0.15) is 5.75 Å². The Morgan fingerprint density at radius 2 is 2.06 bits per heavy atom. The van der Waals surface area contributed by atoms with Crippen LogP contribution in [0.3, 0.4) is 0 Å². The summed E-state index contributed by atoms with van der Waals surface area (Å²) < 4.78 is 5.23. The molecule has 1 fully saturated rings. The Labute approximate surface area is 98.0 Å². The second kappa shape index (κ2) is 5.24. The lowest BCUT2D eigenvalue weighted by Crippen LogP contribution is -2.30. The molecule has 0 spiro atoms. The summed E-state index contributed by atoms with van der Waals surface area (Å²) in [5.41, 5.74) is 1.18. The Bertz CT molecular complexity index is 337. The maximum absolute atomic E-state index is 5.23. The summed E-state index contributed by atoms with van der Waals surface area (Å²) >= 11 is 0. The highest BCUT2D eigenvalue weighted by molar-refractivity contribution is 5.49. The zero-order valence-electron chi connectivity index (χ0n) is 10.2. The van der Waals surface area contributed by atoms with Crippen molar-refractivity contribution < 1.29 is 4.74 Å². The maximum atomic E-state index is 5.23. The molecular weight excluding hydrogens is 198 g/mol. The average Bonchev–Trinajstić information content (AvgIpc) is 2.32. The molecule has 0 aliphatic heterocycles. The lowest BCUT2D eigenvalue weighted by atomic mass is 9.86. The van der Waals surface area contributed by atoms with Gasteiger partial charge in [0.05, 0.1) is 7.11 Å². The maximum Gasteiger partial charge on any atom is 0.120 e. The van der Waals surface area contributed by atoms with Crippen LogP contribution in [0.25, 0.3) is 0 Å². The fraction of sp³-hybridized carbons (Fsp3) is 0.571. The van der Waals surface area contributed by atoms with Gasteiger partial charge >= 0.3 is 0 Å². The van der Waals surface area contributed by atoms with Gasteiger partial charge in [0.25, 0.3) is 0 Å². The van der Waals surface area contributed by atoms with E-state index in [-0.39, 0.29) is 0 Å². The fourth-order valence-corrected chi connectivity index (χ4v) is 2.46. The SMILES string of the molecule is COc1cccc(NC2CCCCC2C)c1. The number of anilines is 1. The molecule has 2 unspecified atom stereocenters. The molecule has 2 nitrogen and oxygen atoms in total. The lowest BCUT2D eigenvalue weighted by molar-refractivity contribution is 0.349. The first kappa shape index (κ1) is 11.3. The third kappa shape index (κ3) is 2.69. The second-order valence-corrected chi connectivity index (χ2v) is 4.74. The Balaban J connectivity index is 2.01. The van der Waals surface area contributed by atoms with Gasteiger partial charge in [-0.15, -0.1) is 0 Å². The summed E-state index contributed by atoms with van der Waals surface area (Å²) in [6, 6.07) is 8.83. The largest absolute Gasteiger partial charge is 0.497 e. The molecule has 1 aliphatic rings. The van der Waals surface area contributed by atoms with E-state index in [1.165, 1.54) is 31.4 Å². The van der Waals surface area contributed by atoms with Gasteiger partial charge in [-0.25, -0.2) is 0 Å². The van der Waals surface area contributed by atoms with Gasteiger partial charge in [0.2, 0.25) is 0 Å². The van der Waals surface area contributed by atoms with Crippen LogP contribution in [-0.2, 0) is 0 Å². The third-order valence-corrected chi connectivity index (χ3v) is 3.53. The van der Waals surface area contributed by atoms with Crippen molar-refractivity contribution in [3.8, 4) is 5.75 Å². The van der Waals surface area contributed by atoms with E-state index in [0.29, 0.717) is 6.04 Å². The minimum absolute atomic E-state index is 0.626. The third-order valence-electron chi connectivity index (χ3n) is 3.53. The Kier molecular flexibility index (Phi) is 3.70. The van der Waals surface area contributed by atoms with Crippen molar-refractivity contribution in [2.75, 3.05) is 12.4 Å². The van der Waals surface area contributed by atoms with Crippen molar-refractivity contribution in [1.82, 2.24) is 0 Å². The van der Waals surface area contributed by atoms with Crippen molar-refractivity contribution in [3.63, 3.8) is 0 Å². The molecule has 2 heteroatoms. The quantitative estimate of drug-likeness (QED) is 0.837. The van der Waals surface area contributed by atoms with E-state index in [0.717, 1.165) is 11.7 Å². The van der Waals surface area contributed by atoms with Gasteiger partial charge in [0, 0.05) is 17.8 Å². The molecule has 0 bridgehead atoms. The van der Waals surface area contributed by atoms with Gasteiger partial charge in [-0.05, 0) is 30.9 Å². The van der Waals surface area contributed by atoms with E-state index in [9.17, 15) is 0 Å². The number of ether oxygens (including phenoxy) is 1. The van der Waals surface area contributed by atoms with Gasteiger partial charge in [0.15, 0.2) is 0 Å². The van der Waals surface area contributed by atoms with E-state index in [1.807, 2.05) is 12.1 Å². The molecule has 0 radical (unpaired) electrons. The summed E-state index contributed by atoms with van der Waals surface area (Å²) in [5.74, 6) is 1.70. The van der Waals surface area contributed by atoms with Crippen LogP contribution < -0.4 is 10.1 Å². The minimum Gasteiger partial charge on any atom is -0.497 e. The standard InChI is InChI=1S/C14H21NO/c1-11-6-3-4-9-14(11)15-12-7-5-8-13(10-12)16-2/h5,7-8,10-11,14-15H,3-4,6,9H2,1-2H3. The highest BCUT2D eigenvalue weighted by atomic mass is 16.5. The molecule has 0 aromatic heterocycles. The number of nitrogens with one attached hydrogen (secondary N) is 1. The first-order valence-electron chi connectivity index (χ1n) is 6.20. The summed E-state index contributed by atoms with van der Waals surface area (Å²) in [4.78, 5) is 0. The molecule has 88 valence electrons. The topological polar surface area (TPSA) is 21.3 Å². The van der Waals surface area contributed by atoms with Crippen LogP contribution in [0.1, 0.15) is 32.6 Å². The van der Waals surface area contributed by atoms with E-state index < -0.39 is 0 Å². The fourth-order valence-electron chi connectivity index (χ4n) is 2.46. The second-order valence-electron chi connectivity index (χ2n) is 4.74. The molecular formula is C14H21NO. The zero-order valence-corrected chi connectivity index (χ0v) is 10.2. The molecule has 16 heavy (non-hydrogen) atoms. The van der Waals surface area contributed by atoms with Gasteiger partial charge in [-0.1, -0.05) is 25.8 Å². The number of benzene rings is 1. The summed E-state index contributed by atoms with van der Waals surface area (Å²) in [5, 5.41) is 3.63. The van der Waals surface area contributed by atoms with Gasteiger partial charge in [-0.3, -0.25) is 0 Å². The molecule has 2 rings (SSSR count). The van der Waals surface area contributed by atoms with Gasteiger partial charge in [-0.2, -0.15) is 0 Å². The highest BCUT2D eigenvalue weighted by Gasteiger charge is 2.20. The normalized spacial score (nSPS) is 25.1. The number of rotatable bonds is 3. The molecule has 0 saturated heterocycles. The van der Waals surface area contributed by atoms with Crippen molar-refractivity contribution in [3.05, 3.63) is 24.3 Å². The summed E-state index contributed by atoms with van der Waals surface area (Å²) in [6.45, 7) is 2.34. The predicted octanol–water partition coefficient (Wildman–Crippen LogP) is 3.69. The number of hydrogen-bond donors (Lipinski definition) is 1. The monoisotopic (exact) mass is 219 g/mol. The van der Waals surface area contributed by atoms with E-state index >= 15 is 0 Å². The molecule has 2 atom stereocenters. The average molecular weight is 219 g/mol. The van der Waals surface area contributed by atoms with Crippen molar-refractivity contribution in [2.45, 2.75) is 38.6 Å². The predicted molar refractivity (Wildman–Crippen MR) is 68.0 cm³/mol. The Morgan fingerprint density at radius 1 is 1.25 bits per heavy atom. The van der Waals surface area contributed by atoms with Crippen molar-refractivity contribution in [2.24, 2.45) is 5.92 Å². The van der Waals surface area contributed by atoms with Crippen molar-refractivity contribution >= 4 is 5.69 Å². The van der Waals surface area contributed by atoms with Gasteiger partial charge < -0.3 is 10.1 Å². The molecule has 1 aromatic carbocycles. The molecule has 1 saturated carbocycles. The molecule has 0 amide bonds. The first-order valence-corrected chi connectivity index (χ1v) is 6.20. The Morgan fingerprint density at radius 3 is 2.81 bits per heavy atom. The van der Waals surface area contributed by atoms with Crippen LogP contribution in [0.15, 0.2) is 24.3 Å². The van der Waals surface area contributed by atoms with Crippen LogP contribution in [0.4, 0.5) is 5.69 Å². The summed E-state index contributed by atoms with van der Waals surface area (Å²) in [6.07, 6.45) is 5.38. The molecule has 1 N–H and O–H groups in total. The van der Waals surface area contributed by atoms with Crippen LogP contribution >= 0.6 is 0 Å². The van der Waals surface area contributed by atoms with Crippen LogP contribution in [-0.4, -0.2) is 13.2 Å².